The number of hydrogen-bond donors (Lipinski definition) is 1. The normalized spacial score (nSPS) is 14.5. The lowest BCUT2D eigenvalue weighted by Gasteiger charge is -2.30. The molecule has 3 heteroatoms. The van der Waals surface area contributed by atoms with Crippen molar-refractivity contribution >= 4 is 11.7 Å². The van der Waals surface area contributed by atoms with Gasteiger partial charge in [-0.3, -0.25) is 4.79 Å². The molecule has 0 unspecified atom stereocenters. The monoisotopic (exact) mass is 233 g/mol. The summed E-state index contributed by atoms with van der Waals surface area (Å²) in [5, 5.41) is 8.70. The van der Waals surface area contributed by atoms with E-state index in [4.69, 9.17) is 5.11 Å². The van der Waals surface area contributed by atoms with Crippen LogP contribution in [0.4, 0.5) is 5.69 Å². The van der Waals surface area contributed by atoms with Crippen LogP contribution < -0.4 is 4.90 Å². The average Bonchev–Trinajstić information content (AvgIpc) is 2.35. The molecule has 0 aromatic heterocycles. The minimum Gasteiger partial charge on any atom is -0.481 e. The molecule has 92 valence electrons. The van der Waals surface area contributed by atoms with Crippen molar-refractivity contribution in [2.75, 3.05) is 18.0 Å². The molecule has 0 atom stereocenters. The zero-order valence-electron chi connectivity index (χ0n) is 10.3. The Hall–Kier alpha value is -1.51. The van der Waals surface area contributed by atoms with Gasteiger partial charge in [-0.15, -0.1) is 0 Å². The summed E-state index contributed by atoms with van der Waals surface area (Å²) in [4.78, 5) is 12.9. The highest BCUT2D eigenvalue weighted by Crippen LogP contribution is 2.28. The fraction of sp³-hybridized carbons (Fsp3) is 0.500. The number of rotatable bonds is 4. The molecular formula is C14H19NO2. The van der Waals surface area contributed by atoms with Gasteiger partial charge in [-0.2, -0.15) is 0 Å². The third-order valence-electron chi connectivity index (χ3n) is 3.37. The van der Waals surface area contributed by atoms with Crippen LogP contribution >= 0.6 is 0 Å². The summed E-state index contributed by atoms with van der Waals surface area (Å²) in [6.45, 7) is 4.31. The van der Waals surface area contributed by atoms with Crippen molar-refractivity contribution in [2.24, 2.45) is 0 Å². The second-order valence-electron chi connectivity index (χ2n) is 4.54. The van der Waals surface area contributed by atoms with E-state index in [1.54, 1.807) is 0 Å². The standard InChI is InChI=1S/C14H19NO2/c1-2-15-9-3-4-12-7-5-11(10-13(12)15)6-8-14(16)17/h5,7,10H,2-4,6,8-9H2,1H3,(H,16,17). The predicted molar refractivity (Wildman–Crippen MR) is 68.6 cm³/mol. The molecule has 1 aliphatic rings. The maximum absolute atomic E-state index is 10.6. The third-order valence-corrected chi connectivity index (χ3v) is 3.37. The quantitative estimate of drug-likeness (QED) is 0.868. The van der Waals surface area contributed by atoms with Crippen LogP contribution in [0.1, 0.15) is 30.9 Å². The molecule has 17 heavy (non-hydrogen) atoms. The first-order chi connectivity index (χ1) is 8.20. The molecule has 0 amide bonds. The van der Waals surface area contributed by atoms with Gasteiger partial charge in [0.05, 0.1) is 0 Å². The summed E-state index contributed by atoms with van der Waals surface area (Å²) >= 11 is 0. The maximum atomic E-state index is 10.6. The van der Waals surface area contributed by atoms with E-state index in [1.165, 1.54) is 17.7 Å². The van der Waals surface area contributed by atoms with Crippen LogP contribution in [0.25, 0.3) is 0 Å². The lowest BCUT2D eigenvalue weighted by Crippen LogP contribution is -2.29. The van der Waals surface area contributed by atoms with Gasteiger partial charge < -0.3 is 10.0 Å². The van der Waals surface area contributed by atoms with Gasteiger partial charge in [-0.05, 0) is 43.4 Å². The van der Waals surface area contributed by atoms with E-state index in [2.05, 4.69) is 30.0 Å². The number of anilines is 1. The molecule has 1 aromatic rings. The summed E-state index contributed by atoms with van der Waals surface area (Å²) in [6.07, 6.45) is 3.20. The largest absolute Gasteiger partial charge is 0.481 e. The van der Waals surface area contributed by atoms with Crippen molar-refractivity contribution in [2.45, 2.75) is 32.6 Å². The third kappa shape index (κ3) is 2.78. The summed E-state index contributed by atoms with van der Waals surface area (Å²) < 4.78 is 0. The summed E-state index contributed by atoms with van der Waals surface area (Å²) in [6, 6.07) is 6.40. The number of carbonyl (C=O) groups is 1. The van der Waals surface area contributed by atoms with E-state index in [1.807, 2.05) is 0 Å². The van der Waals surface area contributed by atoms with E-state index in [9.17, 15) is 4.79 Å². The van der Waals surface area contributed by atoms with Gasteiger partial charge in [0.15, 0.2) is 0 Å². The van der Waals surface area contributed by atoms with E-state index in [0.29, 0.717) is 6.42 Å². The van der Waals surface area contributed by atoms with E-state index < -0.39 is 5.97 Å². The minimum atomic E-state index is -0.727. The number of fused-ring (bicyclic) bond motifs is 1. The SMILES string of the molecule is CCN1CCCc2ccc(CCC(=O)O)cc21. The Bertz CT molecular complexity index is 415. The molecule has 1 heterocycles. The van der Waals surface area contributed by atoms with Crippen LogP contribution in [-0.4, -0.2) is 24.2 Å². The second kappa shape index (κ2) is 5.21. The molecule has 1 N–H and O–H groups in total. The summed E-state index contributed by atoms with van der Waals surface area (Å²) in [5.41, 5.74) is 3.84. The van der Waals surface area contributed by atoms with Crippen LogP contribution in [0.3, 0.4) is 0 Å². The Morgan fingerprint density at radius 1 is 1.47 bits per heavy atom. The van der Waals surface area contributed by atoms with Crippen LogP contribution in [0.2, 0.25) is 0 Å². The van der Waals surface area contributed by atoms with Crippen molar-refractivity contribution in [1.29, 1.82) is 0 Å². The molecule has 0 radical (unpaired) electrons. The highest BCUT2D eigenvalue weighted by atomic mass is 16.4. The molecule has 1 aliphatic heterocycles. The zero-order valence-corrected chi connectivity index (χ0v) is 10.3. The van der Waals surface area contributed by atoms with Crippen molar-refractivity contribution in [1.82, 2.24) is 0 Å². The number of carboxylic acids is 1. The highest BCUT2D eigenvalue weighted by Gasteiger charge is 2.15. The van der Waals surface area contributed by atoms with Crippen molar-refractivity contribution in [3.8, 4) is 0 Å². The molecule has 3 nitrogen and oxygen atoms in total. The number of aliphatic carboxylic acids is 1. The summed E-state index contributed by atoms with van der Waals surface area (Å²) in [5.74, 6) is -0.727. The van der Waals surface area contributed by atoms with E-state index in [0.717, 1.165) is 25.1 Å². The molecule has 0 spiro atoms. The van der Waals surface area contributed by atoms with Gasteiger partial charge in [0.2, 0.25) is 0 Å². The van der Waals surface area contributed by atoms with Gasteiger partial charge in [-0.1, -0.05) is 12.1 Å². The highest BCUT2D eigenvalue weighted by molar-refractivity contribution is 5.67. The van der Waals surface area contributed by atoms with E-state index in [-0.39, 0.29) is 6.42 Å². The molecule has 1 aromatic carbocycles. The van der Waals surface area contributed by atoms with Crippen LogP contribution in [0.15, 0.2) is 18.2 Å². The lowest BCUT2D eigenvalue weighted by atomic mass is 9.98. The van der Waals surface area contributed by atoms with Gasteiger partial charge in [0, 0.05) is 25.2 Å². The number of nitrogens with zero attached hydrogens (tertiary/aromatic N) is 1. The lowest BCUT2D eigenvalue weighted by molar-refractivity contribution is -0.136. The first-order valence-corrected chi connectivity index (χ1v) is 6.29. The van der Waals surface area contributed by atoms with Crippen molar-refractivity contribution in [3.63, 3.8) is 0 Å². The predicted octanol–water partition coefficient (Wildman–Crippen LogP) is 2.48. The van der Waals surface area contributed by atoms with Crippen molar-refractivity contribution in [3.05, 3.63) is 29.3 Å². The zero-order chi connectivity index (χ0) is 12.3. The molecule has 0 saturated carbocycles. The Kier molecular flexibility index (Phi) is 3.67. The molecular weight excluding hydrogens is 214 g/mol. The molecule has 2 rings (SSSR count). The number of hydrogen-bond acceptors (Lipinski definition) is 2. The first-order valence-electron chi connectivity index (χ1n) is 6.29. The van der Waals surface area contributed by atoms with E-state index >= 15 is 0 Å². The Labute approximate surface area is 102 Å². The molecule has 0 aliphatic carbocycles. The number of carboxylic acid groups (broad SMARTS) is 1. The van der Waals surface area contributed by atoms with Crippen LogP contribution in [0.5, 0.6) is 0 Å². The van der Waals surface area contributed by atoms with Gasteiger partial charge in [0.1, 0.15) is 0 Å². The number of benzene rings is 1. The maximum Gasteiger partial charge on any atom is 0.303 e. The van der Waals surface area contributed by atoms with Gasteiger partial charge >= 0.3 is 5.97 Å². The van der Waals surface area contributed by atoms with Gasteiger partial charge in [0.25, 0.3) is 0 Å². The fourth-order valence-electron chi connectivity index (χ4n) is 2.43. The number of aryl methyl sites for hydroxylation is 2. The Balaban J connectivity index is 2.18. The van der Waals surface area contributed by atoms with Crippen LogP contribution in [-0.2, 0) is 17.6 Å². The molecule has 0 bridgehead atoms. The second-order valence-corrected chi connectivity index (χ2v) is 4.54. The topological polar surface area (TPSA) is 40.5 Å². The molecule has 0 saturated heterocycles. The molecule has 0 fully saturated rings. The fourth-order valence-corrected chi connectivity index (χ4v) is 2.43. The Morgan fingerprint density at radius 2 is 2.29 bits per heavy atom. The smallest absolute Gasteiger partial charge is 0.303 e. The average molecular weight is 233 g/mol. The van der Waals surface area contributed by atoms with Crippen molar-refractivity contribution < 1.29 is 9.90 Å². The van der Waals surface area contributed by atoms with Crippen LogP contribution in [0, 0.1) is 0 Å². The van der Waals surface area contributed by atoms with Gasteiger partial charge in [-0.25, -0.2) is 0 Å². The minimum absolute atomic E-state index is 0.213. The summed E-state index contributed by atoms with van der Waals surface area (Å²) in [7, 11) is 0. The Morgan fingerprint density at radius 3 is 3.00 bits per heavy atom. The first kappa shape index (κ1) is 12.0.